The Labute approximate surface area is 169 Å². The summed E-state index contributed by atoms with van der Waals surface area (Å²) in [5, 5.41) is 11.7. The van der Waals surface area contributed by atoms with Crippen molar-refractivity contribution in [3.63, 3.8) is 0 Å². The van der Waals surface area contributed by atoms with Crippen LogP contribution >= 0.6 is 0 Å². The zero-order valence-electron chi connectivity index (χ0n) is 17.2. The number of rotatable bonds is 8. The number of terminal acetylenes is 1. The minimum atomic E-state index is -0.721. The molecule has 1 unspecified atom stereocenters. The fraction of sp³-hybridized carbons (Fsp3) is 0.455. The van der Waals surface area contributed by atoms with Gasteiger partial charge < -0.3 is 14.5 Å². The smallest absolute Gasteiger partial charge is 0.339 e. The number of amides is 1. The lowest BCUT2D eigenvalue weighted by Gasteiger charge is -2.18. The number of fused-ring (bicyclic) bond motifs is 1. The summed E-state index contributed by atoms with van der Waals surface area (Å²) in [6, 6.07) is 3.63. The number of hydrogen-bond donors (Lipinski definition) is 1. The van der Waals surface area contributed by atoms with Crippen molar-refractivity contribution in [1.29, 1.82) is 0 Å². The Kier molecular flexibility index (Phi) is 5.73. The molecule has 29 heavy (non-hydrogen) atoms. The molecule has 0 aliphatic carbocycles. The third kappa shape index (κ3) is 4.48. The summed E-state index contributed by atoms with van der Waals surface area (Å²) in [6.07, 6.45) is 6.49. The van der Waals surface area contributed by atoms with Gasteiger partial charge in [-0.3, -0.25) is 4.79 Å². The number of aryl methyl sites for hydroxylation is 2. The molecular weight excluding hydrogens is 370 g/mol. The zero-order valence-corrected chi connectivity index (χ0v) is 17.2. The molecule has 1 N–H and O–H groups in total. The van der Waals surface area contributed by atoms with Crippen molar-refractivity contribution in [2.75, 3.05) is 6.54 Å². The number of carbonyl (C=O) groups excluding carboxylic acids is 1. The molecule has 2 heterocycles. The summed E-state index contributed by atoms with van der Waals surface area (Å²) in [6.45, 7) is 7.56. The minimum absolute atomic E-state index is 0.237. The predicted molar refractivity (Wildman–Crippen MR) is 110 cm³/mol. The minimum Gasteiger partial charge on any atom is -0.480 e. The Morgan fingerprint density at radius 1 is 1.28 bits per heavy atom. The Balaban J connectivity index is 1.69. The van der Waals surface area contributed by atoms with Crippen LogP contribution in [-0.4, -0.2) is 24.2 Å². The number of nitrogens with one attached hydrogen (secondary N) is 1. The van der Waals surface area contributed by atoms with E-state index in [9.17, 15) is 9.59 Å². The maximum Gasteiger partial charge on any atom is 0.339 e. The fourth-order valence-corrected chi connectivity index (χ4v) is 3.22. The van der Waals surface area contributed by atoms with E-state index in [0.717, 1.165) is 11.1 Å². The van der Waals surface area contributed by atoms with Crippen LogP contribution in [0.15, 0.2) is 31.6 Å². The Morgan fingerprint density at radius 2 is 2.00 bits per heavy atom. The Hall–Kier alpha value is -3.14. The first-order valence-electron chi connectivity index (χ1n) is 9.63. The van der Waals surface area contributed by atoms with Crippen LogP contribution in [0.5, 0.6) is 5.75 Å². The van der Waals surface area contributed by atoms with E-state index in [1.807, 2.05) is 19.9 Å². The second-order valence-electron chi connectivity index (χ2n) is 7.46. The molecule has 0 fully saturated rings. The predicted octanol–water partition coefficient (Wildman–Crippen LogP) is 3.57. The maximum atomic E-state index is 12.5. The van der Waals surface area contributed by atoms with Crippen molar-refractivity contribution < 1.29 is 13.9 Å². The van der Waals surface area contributed by atoms with Crippen LogP contribution in [0.2, 0.25) is 0 Å². The highest BCUT2D eigenvalue weighted by molar-refractivity contribution is 5.89. The van der Waals surface area contributed by atoms with Crippen LogP contribution in [0.25, 0.3) is 11.0 Å². The first-order valence-corrected chi connectivity index (χ1v) is 9.63. The molecule has 1 aliphatic rings. The monoisotopic (exact) mass is 395 g/mol. The zero-order chi connectivity index (χ0) is 21.2. The van der Waals surface area contributed by atoms with Gasteiger partial charge in [0.25, 0.3) is 5.91 Å². The van der Waals surface area contributed by atoms with E-state index in [1.54, 1.807) is 19.9 Å². The SMILES string of the molecule is C#CCCC1(CCNC(=O)C(C)Oc2cc(C)cc3oc(=O)c(C)c(C)c23)N=N1. The highest BCUT2D eigenvalue weighted by atomic mass is 16.5. The van der Waals surface area contributed by atoms with Crippen molar-refractivity contribution >= 4 is 16.9 Å². The average Bonchev–Trinajstić information content (AvgIpc) is 3.44. The summed E-state index contributed by atoms with van der Waals surface area (Å²) in [4.78, 5) is 24.5. The van der Waals surface area contributed by atoms with Gasteiger partial charge in [-0.25, -0.2) is 4.79 Å². The van der Waals surface area contributed by atoms with Gasteiger partial charge in [0.2, 0.25) is 0 Å². The molecular formula is C22H25N3O4. The van der Waals surface area contributed by atoms with Crippen LogP contribution in [0.1, 0.15) is 42.9 Å². The van der Waals surface area contributed by atoms with Gasteiger partial charge in [-0.15, -0.1) is 12.3 Å². The summed E-state index contributed by atoms with van der Waals surface area (Å²) in [5.74, 6) is 2.87. The molecule has 1 amide bonds. The number of ether oxygens (including phenoxy) is 1. The summed E-state index contributed by atoms with van der Waals surface area (Å²) in [5.41, 5.74) is 1.84. The van der Waals surface area contributed by atoms with Gasteiger partial charge in [0.05, 0.1) is 5.39 Å². The Morgan fingerprint density at radius 3 is 2.66 bits per heavy atom. The second-order valence-corrected chi connectivity index (χ2v) is 7.46. The van der Waals surface area contributed by atoms with Crippen LogP contribution < -0.4 is 15.7 Å². The largest absolute Gasteiger partial charge is 0.480 e. The molecule has 7 nitrogen and oxygen atoms in total. The second kappa shape index (κ2) is 8.08. The average molecular weight is 395 g/mol. The molecule has 0 saturated heterocycles. The van der Waals surface area contributed by atoms with Gasteiger partial charge in [0.15, 0.2) is 11.8 Å². The first kappa shape index (κ1) is 20.6. The third-order valence-electron chi connectivity index (χ3n) is 5.21. The molecule has 0 saturated carbocycles. The molecule has 152 valence electrons. The highest BCUT2D eigenvalue weighted by Crippen LogP contribution is 2.36. The normalized spacial score (nSPS) is 15.0. The van der Waals surface area contributed by atoms with Gasteiger partial charge in [0, 0.05) is 31.4 Å². The fourth-order valence-electron chi connectivity index (χ4n) is 3.22. The molecule has 2 aromatic rings. The van der Waals surface area contributed by atoms with Crippen LogP contribution in [0, 0.1) is 33.1 Å². The molecule has 1 aromatic heterocycles. The third-order valence-corrected chi connectivity index (χ3v) is 5.21. The van der Waals surface area contributed by atoms with Crippen LogP contribution in [0.3, 0.4) is 0 Å². The standard InChI is InChI=1S/C22H25N3O4/c1-6-7-8-22(24-25-22)9-10-23-20(26)16(5)28-17-11-13(2)12-18-19(17)14(3)15(4)21(27)29-18/h1,11-12,16H,7-10H2,2-5H3,(H,23,26). The van der Waals surface area contributed by atoms with E-state index >= 15 is 0 Å². The van der Waals surface area contributed by atoms with Gasteiger partial charge >= 0.3 is 5.63 Å². The summed E-state index contributed by atoms with van der Waals surface area (Å²) < 4.78 is 11.4. The van der Waals surface area contributed by atoms with E-state index in [0.29, 0.717) is 48.1 Å². The number of nitrogens with zero attached hydrogens (tertiary/aromatic N) is 2. The quantitative estimate of drug-likeness (QED) is 0.546. The summed E-state index contributed by atoms with van der Waals surface area (Å²) in [7, 11) is 0. The van der Waals surface area contributed by atoms with Crippen molar-refractivity contribution in [2.24, 2.45) is 10.2 Å². The van der Waals surface area contributed by atoms with Crippen LogP contribution in [-0.2, 0) is 4.79 Å². The lowest BCUT2D eigenvalue weighted by atomic mass is 10.0. The lowest BCUT2D eigenvalue weighted by Crippen LogP contribution is -2.38. The molecule has 7 heteroatoms. The highest BCUT2D eigenvalue weighted by Gasteiger charge is 2.38. The van der Waals surface area contributed by atoms with E-state index < -0.39 is 11.8 Å². The molecule has 3 rings (SSSR count). The molecule has 1 atom stereocenters. The molecule has 1 aromatic carbocycles. The first-order chi connectivity index (χ1) is 13.8. The molecule has 1 aliphatic heterocycles. The van der Waals surface area contributed by atoms with Gasteiger partial charge in [0.1, 0.15) is 11.3 Å². The van der Waals surface area contributed by atoms with E-state index in [2.05, 4.69) is 21.5 Å². The van der Waals surface area contributed by atoms with Crippen molar-refractivity contribution in [1.82, 2.24) is 5.32 Å². The topological polar surface area (TPSA) is 93.3 Å². The molecule has 0 radical (unpaired) electrons. The number of benzene rings is 1. The van der Waals surface area contributed by atoms with Crippen molar-refractivity contribution in [3.8, 4) is 18.1 Å². The number of carbonyl (C=O) groups is 1. The van der Waals surface area contributed by atoms with E-state index in [1.165, 1.54) is 0 Å². The van der Waals surface area contributed by atoms with Crippen molar-refractivity contribution in [3.05, 3.63) is 39.2 Å². The van der Waals surface area contributed by atoms with Gasteiger partial charge in [-0.2, -0.15) is 10.2 Å². The van der Waals surface area contributed by atoms with Crippen LogP contribution in [0.4, 0.5) is 0 Å². The lowest BCUT2D eigenvalue weighted by molar-refractivity contribution is -0.127. The Bertz CT molecular complexity index is 1070. The summed E-state index contributed by atoms with van der Waals surface area (Å²) >= 11 is 0. The maximum absolute atomic E-state index is 12.5. The van der Waals surface area contributed by atoms with Crippen molar-refractivity contribution in [2.45, 2.75) is 58.7 Å². The number of hydrogen-bond acceptors (Lipinski definition) is 6. The molecule has 0 spiro atoms. The van der Waals surface area contributed by atoms with E-state index in [4.69, 9.17) is 15.6 Å². The van der Waals surface area contributed by atoms with Gasteiger partial charge in [-0.1, -0.05) is 0 Å². The molecule has 0 bridgehead atoms. The van der Waals surface area contributed by atoms with Gasteiger partial charge in [-0.05, 0) is 51.0 Å². The van der Waals surface area contributed by atoms with E-state index in [-0.39, 0.29) is 11.5 Å².